The molecule has 1 aliphatic heterocycles. The van der Waals surface area contributed by atoms with Gasteiger partial charge in [-0.1, -0.05) is 0 Å². The van der Waals surface area contributed by atoms with E-state index >= 15 is 0 Å². The zero-order valence-corrected chi connectivity index (χ0v) is 10.8. The topological polar surface area (TPSA) is 52.6 Å². The summed E-state index contributed by atoms with van der Waals surface area (Å²) in [5, 5.41) is 12.2. The zero-order chi connectivity index (χ0) is 12.3. The monoisotopic (exact) mass is 228 g/mol. The van der Waals surface area contributed by atoms with Gasteiger partial charge >= 0.3 is 0 Å². The van der Waals surface area contributed by atoms with Crippen LogP contribution in [-0.4, -0.2) is 46.7 Å². The predicted molar refractivity (Wildman–Crippen MR) is 64.2 cm³/mol. The normalized spacial score (nSPS) is 24.4. The van der Waals surface area contributed by atoms with Crippen LogP contribution in [-0.2, 0) is 4.79 Å². The molecule has 16 heavy (non-hydrogen) atoms. The highest BCUT2D eigenvalue weighted by Gasteiger charge is 2.32. The second kappa shape index (κ2) is 5.15. The first-order valence-electron chi connectivity index (χ1n) is 6.04. The molecule has 0 aromatic heterocycles. The second-order valence-corrected chi connectivity index (χ2v) is 5.63. The van der Waals surface area contributed by atoms with E-state index in [1.807, 2.05) is 27.7 Å². The molecule has 2 atom stereocenters. The lowest BCUT2D eigenvalue weighted by Crippen LogP contribution is -2.52. The minimum absolute atomic E-state index is 0.0489. The van der Waals surface area contributed by atoms with Gasteiger partial charge in [0.05, 0.1) is 12.6 Å². The maximum Gasteiger partial charge on any atom is 0.237 e. The fourth-order valence-corrected chi connectivity index (χ4v) is 2.19. The fraction of sp³-hybridized carbons (Fsp3) is 0.917. The molecule has 0 saturated carbocycles. The molecular weight excluding hydrogens is 204 g/mol. The first kappa shape index (κ1) is 13.5. The van der Waals surface area contributed by atoms with E-state index in [9.17, 15) is 9.90 Å². The minimum atomic E-state index is -0.195. The number of carbonyl (C=O) groups excluding carboxylic acids is 1. The molecule has 1 rings (SSSR count). The summed E-state index contributed by atoms with van der Waals surface area (Å²) in [5.41, 5.74) is -0.195. The lowest BCUT2D eigenvalue weighted by molar-refractivity contribution is -0.127. The van der Waals surface area contributed by atoms with E-state index in [-0.39, 0.29) is 30.1 Å². The number of nitrogens with one attached hydrogen (secondary N) is 1. The van der Waals surface area contributed by atoms with Gasteiger partial charge in [-0.3, -0.25) is 9.69 Å². The third-order valence-corrected chi connectivity index (χ3v) is 3.01. The van der Waals surface area contributed by atoms with Crippen molar-refractivity contribution in [2.75, 3.05) is 13.2 Å². The molecule has 1 unspecified atom stereocenters. The van der Waals surface area contributed by atoms with Crippen LogP contribution in [0.3, 0.4) is 0 Å². The van der Waals surface area contributed by atoms with Crippen LogP contribution in [0.5, 0.6) is 0 Å². The number of rotatable bonds is 3. The Morgan fingerprint density at radius 2 is 2.19 bits per heavy atom. The number of nitrogens with zero attached hydrogens (tertiary/aromatic N) is 1. The molecule has 1 amide bonds. The van der Waals surface area contributed by atoms with Gasteiger partial charge in [-0.05, 0) is 47.1 Å². The van der Waals surface area contributed by atoms with Crippen molar-refractivity contribution in [3.05, 3.63) is 0 Å². The van der Waals surface area contributed by atoms with E-state index in [2.05, 4.69) is 10.2 Å². The standard InChI is InChI=1S/C12H24N2O2/c1-9(11(16)13-12(2,3)4)14-7-5-6-10(14)8-15/h9-10,15H,5-8H2,1-4H3,(H,13,16)/t9?,10-/m1/s1. The fourth-order valence-electron chi connectivity index (χ4n) is 2.19. The third kappa shape index (κ3) is 3.46. The van der Waals surface area contributed by atoms with E-state index in [1.54, 1.807) is 0 Å². The summed E-state index contributed by atoms with van der Waals surface area (Å²) < 4.78 is 0. The molecule has 1 fully saturated rings. The maximum absolute atomic E-state index is 12.0. The van der Waals surface area contributed by atoms with Gasteiger partial charge in [0.15, 0.2) is 0 Å². The Hall–Kier alpha value is -0.610. The molecule has 0 aliphatic carbocycles. The van der Waals surface area contributed by atoms with Gasteiger partial charge in [0.25, 0.3) is 0 Å². The molecule has 0 aromatic carbocycles. The van der Waals surface area contributed by atoms with Crippen molar-refractivity contribution in [1.82, 2.24) is 10.2 Å². The van der Waals surface area contributed by atoms with Crippen molar-refractivity contribution in [2.45, 2.75) is 58.2 Å². The predicted octanol–water partition coefficient (Wildman–Crippen LogP) is 0.746. The highest BCUT2D eigenvalue weighted by Crippen LogP contribution is 2.20. The summed E-state index contributed by atoms with van der Waals surface area (Å²) in [5.74, 6) is 0.0489. The number of likely N-dealkylation sites (tertiary alicyclic amines) is 1. The van der Waals surface area contributed by atoms with Crippen molar-refractivity contribution in [2.24, 2.45) is 0 Å². The molecule has 1 heterocycles. The Balaban J connectivity index is 2.56. The number of aliphatic hydroxyl groups is 1. The van der Waals surface area contributed by atoms with Crippen molar-refractivity contribution >= 4 is 5.91 Å². The summed E-state index contributed by atoms with van der Waals surface area (Å²) >= 11 is 0. The number of hydrogen-bond acceptors (Lipinski definition) is 3. The zero-order valence-electron chi connectivity index (χ0n) is 10.8. The van der Waals surface area contributed by atoms with Gasteiger partial charge in [0.1, 0.15) is 0 Å². The van der Waals surface area contributed by atoms with Gasteiger partial charge in [-0.25, -0.2) is 0 Å². The van der Waals surface area contributed by atoms with Crippen LogP contribution in [0.2, 0.25) is 0 Å². The molecule has 1 saturated heterocycles. The number of aliphatic hydroxyl groups excluding tert-OH is 1. The van der Waals surface area contributed by atoms with E-state index in [0.29, 0.717) is 0 Å². The number of hydrogen-bond donors (Lipinski definition) is 2. The van der Waals surface area contributed by atoms with Crippen LogP contribution in [0.4, 0.5) is 0 Å². The molecule has 4 nitrogen and oxygen atoms in total. The van der Waals surface area contributed by atoms with Gasteiger partial charge in [-0.2, -0.15) is 0 Å². The lowest BCUT2D eigenvalue weighted by Gasteiger charge is -2.31. The molecule has 0 spiro atoms. The van der Waals surface area contributed by atoms with Gasteiger partial charge in [0.2, 0.25) is 5.91 Å². The Bertz CT molecular complexity index is 248. The van der Waals surface area contributed by atoms with Gasteiger partial charge in [-0.15, -0.1) is 0 Å². The van der Waals surface area contributed by atoms with Crippen LogP contribution in [0, 0.1) is 0 Å². The van der Waals surface area contributed by atoms with E-state index in [4.69, 9.17) is 0 Å². The Kier molecular flexibility index (Phi) is 4.33. The Morgan fingerprint density at radius 1 is 1.56 bits per heavy atom. The first-order chi connectivity index (χ1) is 7.35. The summed E-state index contributed by atoms with van der Waals surface area (Å²) in [4.78, 5) is 14.1. The van der Waals surface area contributed by atoms with Crippen molar-refractivity contribution < 1.29 is 9.90 Å². The van der Waals surface area contributed by atoms with E-state index in [1.165, 1.54) is 0 Å². The second-order valence-electron chi connectivity index (χ2n) is 5.63. The minimum Gasteiger partial charge on any atom is -0.395 e. The average molecular weight is 228 g/mol. The van der Waals surface area contributed by atoms with E-state index in [0.717, 1.165) is 19.4 Å². The van der Waals surface area contributed by atoms with Crippen LogP contribution < -0.4 is 5.32 Å². The Labute approximate surface area is 98.0 Å². The summed E-state index contributed by atoms with van der Waals surface area (Å²) in [6, 6.07) is -0.000377. The van der Waals surface area contributed by atoms with Gasteiger partial charge in [0, 0.05) is 11.6 Å². The summed E-state index contributed by atoms with van der Waals surface area (Å²) in [7, 11) is 0. The summed E-state index contributed by atoms with van der Waals surface area (Å²) in [6.07, 6.45) is 2.06. The molecule has 4 heteroatoms. The highest BCUT2D eigenvalue weighted by atomic mass is 16.3. The van der Waals surface area contributed by atoms with Gasteiger partial charge < -0.3 is 10.4 Å². The molecular formula is C12H24N2O2. The molecule has 0 radical (unpaired) electrons. The molecule has 0 aromatic rings. The van der Waals surface area contributed by atoms with Crippen LogP contribution in [0.25, 0.3) is 0 Å². The number of amides is 1. The quantitative estimate of drug-likeness (QED) is 0.749. The SMILES string of the molecule is CC(C(=O)NC(C)(C)C)N1CCC[C@@H]1CO. The van der Waals surface area contributed by atoms with Crippen LogP contribution >= 0.6 is 0 Å². The van der Waals surface area contributed by atoms with E-state index < -0.39 is 0 Å². The molecule has 94 valence electrons. The average Bonchev–Trinajstić information content (AvgIpc) is 2.61. The van der Waals surface area contributed by atoms with Crippen LogP contribution in [0.15, 0.2) is 0 Å². The smallest absolute Gasteiger partial charge is 0.237 e. The summed E-state index contributed by atoms with van der Waals surface area (Å²) in [6.45, 7) is 8.90. The first-order valence-corrected chi connectivity index (χ1v) is 6.04. The Morgan fingerprint density at radius 3 is 2.69 bits per heavy atom. The molecule has 1 aliphatic rings. The van der Waals surface area contributed by atoms with Crippen molar-refractivity contribution in [1.29, 1.82) is 0 Å². The van der Waals surface area contributed by atoms with Crippen molar-refractivity contribution in [3.8, 4) is 0 Å². The largest absolute Gasteiger partial charge is 0.395 e. The van der Waals surface area contributed by atoms with Crippen LogP contribution in [0.1, 0.15) is 40.5 Å². The molecule has 2 N–H and O–H groups in total. The maximum atomic E-state index is 12.0. The lowest BCUT2D eigenvalue weighted by atomic mass is 10.1. The highest BCUT2D eigenvalue weighted by molar-refractivity contribution is 5.82. The third-order valence-electron chi connectivity index (χ3n) is 3.01. The molecule has 0 bridgehead atoms. The number of carbonyl (C=O) groups is 1. The van der Waals surface area contributed by atoms with Crippen molar-refractivity contribution in [3.63, 3.8) is 0 Å².